The fourth-order valence-electron chi connectivity index (χ4n) is 2.08. The Kier molecular flexibility index (Phi) is 3.08. The lowest BCUT2D eigenvalue weighted by atomic mass is 10.1. The molecule has 0 heterocycles. The topological polar surface area (TPSA) is 0 Å². The lowest BCUT2D eigenvalue weighted by Crippen LogP contribution is -2.05. The van der Waals surface area contributed by atoms with Crippen molar-refractivity contribution in [3.63, 3.8) is 0 Å². The van der Waals surface area contributed by atoms with Gasteiger partial charge < -0.3 is 0 Å². The molecule has 18 heavy (non-hydrogen) atoms. The third-order valence-corrected chi connectivity index (χ3v) is 4.21. The summed E-state index contributed by atoms with van der Waals surface area (Å²) in [6.07, 6.45) is 0. The maximum Gasteiger partial charge on any atom is 0.131 e. The van der Waals surface area contributed by atoms with Crippen molar-refractivity contribution in [1.29, 1.82) is 0 Å². The van der Waals surface area contributed by atoms with Crippen LogP contribution < -0.4 is 10.6 Å². The van der Waals surface area contributed by atoms with Gasteiger partial charge in [0.25, 0.3) is 0 Å². The molecule has 0 aliphatic rings. The minimum absolute atomic E-state index is 0.133. The van der Waals surface area contributed by atoms with Crippen LogP contribution >= 0.6 is 8.58 Å². The van der Waals surface area contributed by atoms with Gasteiger partial charge in [0.05, 0.1) is 0 Å². The van der Waals surface area contributed by atoms with Crippen LogP contribution in [-0.4, -0.2) is 0 Å². The fourth-order valence-corrected chi connectivity index (χ4v) is 3.31. The monoisotopic (exact) mass is 254 g/mol. The van der Waals surface area contributed by atoms with Crippen LogP contribution in [0.3, 0.4) is 0 Å². The van der Waals surface area contributed by atoms with Crippen molar-refractivity contribution in [1.82, 2.24) is 0 Å². The average molecular weight is 254 g/mol. The van der Waals surface area contributed by atoms with Gasteiger partial charge >= 0.3 is 0 Å². The van der Waals surface area contributed by atoms with Gasteiger partial charge in [0.2, 0.25) is 0 Å². The highest BCUT2D eigenvalue weighted by atomic mass is 31.1. The standard InChI is InChI=1S/C16H12FP/c17-14-10-4-6-12-7-5-11-15(16(12)14)18-13-8-2-1-3-9-13/h1-11,18H. The molecule has 3 aromatic rings. The molecule has 0 spiro atoms. The van der Waals surface area contributed by atoms with Crippen LogP contribution in [0.4, 0.5) is 4.39 Å². The van der Waals surface area contributed by atoms with E-state index in [1.807, 2.05) is 42.5 Å². The van der Waals surface area contributed by atoms with E-state index in [0.29, 0.717) is 8.58 Å². The van der Waals surface area contributed by atoms with E-state index in [0.717, 1.165) is 16.1 Å². The van der Waals surface area contributed by atoms with Crippen molar-refractivity contribution >= 4 is 30.0 Å². The molecule has 0 bridgehead atoms. The summed E-state index contributed by atoms with van der Waals surface area (Å²) >= 11 is 0. The molecule has 1 atom stereocenters. The van der Waals surface area contributed by atoms with Crippen LogP contribution in [0, 0.1) is 5.82 Å². The molecule has 0 saturated carbocycles. The molecule has 0 saturated heterocycles. The fraction of sp³-hybridized carbons (Fsp3) is 0. The number of hydrogen-bond donors (Lipinski definition) is 0. The second kappa shape index (κ2) is 4.88. The maximum absolute atomic E-state index is 14.0. The Morgan fingerprint density at radius 2 is 1.44 bits per heavy atom. The van der Waals surface area contributed by atoms with Crippen LogP contribution in [0.25, 0.3) is 10.8 Å². The molecule has 0 N–H and O–H groups in total. The zero-order chi connectivity index (χ0) is 12.4. The number of rotatable bonds is 2. The predicted molar refractivity (Wildman–Crippen MR) is 77.9 cm³/mol. The predicted octanol–water partition coefficient (Wildman–Crippen LogP) is 3.61. The first-order chi connectivity index (χ1) is 8.84. The molecule has 0 radical (unpaired) electrons. The first-order valence-corrected chi connectivity index (χ1v) is 6.84. The third kappa shape index (κ3) is 2.14. The summed E-state index contributed by atoms with van der Waals surface area (Å²) in [5.41, 5.74) is 0. The van der Waals surface area contributed by atoms with Gasteiger partial charge in [-0.15, -0.1) is 0 Å². The highest BCUT2D eigenvalue weighted by Crippen LogP contribution is 2.21. The summed E-state index contributed by atoms with van der Waals surface area (Å²) in [5, 5.41) is 4.02. The van der Waals surface area contributed by atoms with E-state index in [1.54, 1.807) is 6.07 Å². The van der Waals surface area contributed by atoms with Crippen LogP contribution in [0.5, 0.6) is 0 Å². The normalized spacial score (nSPS) is 11.4. The molecule has 0 aromatic heterocycles. The quantitative estimate of drug-likeness (QED) is 0.613. The minimum atomic E-state index is -0.133. The van der Waals surface area contributed by atoms with E-state index in [1.165, 1.54) is 11.4 Å². The van der Waals surface area contributed by atoms with Crippen molar-refractivity contribution < 1.29 is 4.39 Å². The second-order valence-corrected chi connectivity index (χ2v) is 5.50. The van der Waals surface area contributed by atoms with E-state index in [2.05, 4.69) is 12.1 Å². The molecule has 2 heteroatoms. The third-order valence-electron chi connectivity index (χ3n) is 2.91. The minimum Gasteiger partial charge on any atom is -0.206 e. The van der Waals surface area contributed by atoms with E-state index >= 15 is 0 Å². The Balaban J connectivity index is 2.12. The van der Waals surface area contributed by atoms with Crippen LogP contribution in [0.2, 0.25) is 0 Å². The SMILES string of the molecule is Fc1cccc2cccc(Pc3ccccc3)c12. The molecule has 0 aliphatic carbocycles. The van der Waals surface area contributed by atoms with Crippen LogP contribution in [0.15, 0.2) is 66.7 Å². The zero-order valence-corrected chi connectivity index (χ0v) is 10.7. The van der Waals surface area contributed by atoms with E-state index in [4.69, 9.17) is 0 Å². The van der Waals surface area contributed by atoms with Gasteiger partial charge in [-0.25, -0.2) is 4.39 Å². The molecule has 0 fully saturated rings. The summed E-state index contributed by atoms with van der Waals surface area (Å²) in [6, 6.07) is 21.4. The molecule has 3 aromatic carbocycles. The second-order valence-electron chi connectivity index (χ2n) is 4.13. The molecule has 1 unspecified atom stereocenters. The Hall–Kier alpha value is -1.72. The first-order valence-electron chi connectivity index (χ1n) is 5.84. The van der Waals surface area contributed by atoms with Gasteiger partial charge in [-0.3, -0.25) is 0 Å². The molecule has 0 amide bonds. The lowest BCUT2D eigenvalue weighted by Gasteiger charge is -2.07. The summed E-state index contributed by atoms with van der Waals surface area (Å²) in [7, 11) is 0.487. The van der Waals surface area contributed by atoms with Crippen molar-refractivity contribution in [2.45, 2.75) is 0 Å². The molecule has 3 rings (SSSR count). The van der Waals surface area contributed by atoms with Gasteiger partial charge in [0.15, 0.2) is 0 Å². The van der Waals surface area contributed by atoms with Crippen LogP contribution in [0.1, 0.15) is 0 Å². The van der Waals surface area contributed by atoms with Crippen LogP contribution in [-0.2, 0) is 0 Å². The van der Waals surface area contributed by atoms with Crippen molar-refractivity contribution in [2.24, 2.45) is 0 Å². The van der Waals surface area contributed by atoms with Gasteiger partial charge in [0.1, 0.15) is 5.82 Å². The van der Waals surface area contributed by atoms with E-state index < -0.39 is 0 Å². The Labute approximate surface area is 107 Å². The van der Waals surface area contributed by atoms with Gasteiger partial charge in [-0.05, 0) is 22.1 Å². The number of benzene rings is 3. The maximum atomic E-state index is 14.0. The van der Waals surface area contributed by atoms with Gasteiger partial charge in [0, 0.05) is 5.39 Å². The molecular formula is C16H12FP. The number of hydrogen-bond acceptors (Lipinski definition) is 0. The van der Waals surface area contributed by atoms with Gasteiger partial charge in [-0.1, -0.05) is 69.2 Å². The summed E-state index contributed by atoms with van der Waals surface area (Å²) in [6.45, 7) is 0. The molecule has 88 valence electrons. The molecular weight excluding hydrogens is 242 g/mol. The Morgan fingerprint density at radius 3 is 2.22 bits per heavy atom. The highest BCUT2D eigenvalue weighted by molar-refractivity contribution is 7.56. The van der Waals surface area contributed by atoms with Crippen molar-refractivity contribution in [3.8, 4) is 0 Å². The van der Waals surface area contributed by atoms with Crippen molar-refractivity contribution in [3.05, 3.63) is 72.5 Å². The highest BCUT2D eigenvalue weighted by Gasteiger charge is 2.06. The first kappa shape index (κ1) is 11.4. The summed E-state index contributed by atoms with van der Waals surface area (Å²) in [5.74, 6) is -0.133. The smallest absolute Gasteiger partial charge is 0.131 e. The lowest BCUT2D eigenvalue weighted by molar-refractivity contribution is 0.640. The van der Waals surface area contributed by atoms with Gasteiger partial charge in [-0.2, -0.15) is 0 Å². The number of fused-ring (bicyclic) bond motifs is 1. The number of halogens is 1. The van der Waals surface area contributed by atoms with Crippen molar-refractivity contribution in [2.75, 3.05) is 0 Å². The zero-order valence-electron chi connectivity index (χ0n) is 9.73. The Morgan fingerprint density at radius 1 is 0.722 bits per heavy atom. The summed E-state index contributed by atoms with van der Waals surface area (Å²) < 4.78 is 14.0. The van der Waals surface area contributed by atoms with E-state index in [-0.39, 0.29) is 5.82 Å². The average Bonchev–Trinajstić information content (AvgIpc) is 2.40. The summed E-state index contributed by atoms with van der Waals surface area (Å²) in [4.78, 5) is 0. The van der Waals surface area contributed by atoms with E-state index in [9.17, 15) is 4.39 Å². The Bertz CT molecular complexity index is 672. The molecule has 0 aliphatic heterocycles. The largest absolute Gasteiger partial charge is 0.206 e. The molecule has 0 nitrogen and oxygen atoms in total.